The summed E-state index contributed by atoms with van der Waals surface area (Å²) in [6.45, 7) is 0. The number of furan rings is 1. The average Bonchev–Trinajstić information content (AvgIpc) is 4.04. The van der Waals surface area contributed by atoms with E-state index in [1.807, 2.05) is 78.9 Å². The first-order chi connectivity index (χ1) is 31.2. The Morgan fingerprint density at radius 1 is 0.397 bits per heavy atom. The summed E-state index contributed by atoms with van der Waals surface area (Å²) in [4.78, 5) is 26.3. The van der Waals surface area contributed by atoms with E-state index in [9.17, 15) is 0 Å². The third kappa shape index (κ3) is 5.69. The number of aromatic nitrogens is 6. The summed E-state index contributed by atoms with van der Waals surface area (Å²) >= 11 is 1.71. The van der Waals surface area contributed by atoms with Crippen LogP contribution in [-0.2, 0) is 0 Å². The van der Waals surface area contributed by atoms with Crippen LogP contribution in [0.1, 0.15) is 0 Å². The van der Waals surface area contributed by atoms with Gasteiger partial charge in [0.15, 0.2) is 23.3 Å². The summed E-state index contributed by atoms with van der Waals surface area (Å²) in [6.07, 6.45) is 0. The Hall–Kier alpha value is -8.33. The standard InChI is InChI=1S/C55H32N6OS/c1-4-16-33(17-5-1)52-56-49-38-23-11-13-29-46(38)63-51(49)50(57-52)39-24-14-27-44-47(39)48-40(25-15-28-45(48)62-44)55-59-53(34-18-6-2-7-19-34)58-54(60-55)35-30-31-43-41(32-35)37-22-10-12-26-42(37)61(43)36-20-8-3-9-21-36/h1-32H. The van der Waals surface area contributed by atoms with E-state index in [0.29, 0.717) is 23.3 Å². The Bertz CT molecular complexity index is 3910. The van der Waals surface area contributed by atoms with Gasteiger partial charge in [0.2, 0.25) is 0 Å². The van der Waals surface area contributed by atoms with E-state index in [-0.39, 0.29) is 0 Å². The molecule has 0 bridgehead atoms. The molecule has 0 fully saturated rings. The summed E-state index contributed by atoms with van der Waals surface area (Å²) in [7, 11) is 0. The summed E-state index contributed by atoms with van der Waals surface area (Å²) in [5.74, 6) is 2.39. The highest BCUT2D eigenvalue weighted by Crippen LogP contribution is 2.45. The lowest BCUT2D eigenvalue weighted by Crippen LogP contribution is -2.00. The van der Waals surface area contributed by atoms with Gasteiger partial charge < -0.3 is 8.98 Å². The number of hydrogen-bond acceptors (Lipinski definition) is 7. The minimum absolute atomic E-state index is 0.549. The zero-order valence-electron chi connectivity index (χ0n) is 33.5. The van der Waals surface area contributed by atoms with Crippen molar-refractivity contribution in [2.75, 3.05) is 0 Å². The largest absolute Gasteiger partial charge is 0.456 e. The number of nitrogens with zero attached hydrogens (tertiary/aromatic N) is 6. The van der Waals surface area contributed by atoms with Gasteiger partial charge in [-0.15, -0.1) is 11.3 Å². The molecule has 5 aromatic heterocycles. The number of rotatable bonds is 6. The highest BCUT2D eigenvalue weighted by atomic mass is 32.1. The van der Waals surface area contributed by atoms with E-state index in [1.165, 1.54) is 0 Å². The molecule has 13 aromatic rings. The van der Waals surface area contributed by atoms with Gasteiger partial charge in [-0.1, -0.05) is 140 Å². The van der Waals surface area contributed by atoms with Gasteiger partial charge in [0.1, 0.15) is 11.2 Å². The molecule has 0 N–H and O–H groups in total. The number of hydrogen-bond donors (Lipinski definition) is 0. The molecule has 8 heteroatoms. The van der Waals surface area contributed by atoms with E-state index in [0.717, 1.165) is 103 Å². The average molecular weight is 825 g/mol. The normalized spacial score (nSPS) is 11.8. The van der Waals surface area contributed by atoms with Crippen LogP contribution in [0.25, 0.3) is 127 Å². The molecule has 0 atom stereocenters. The molecule has 0 spiro atoms. The zero-order valence-corrected chi connectivity index (χ0v) is 34.3. The predicted molar refractivity (Wildman–Crippen MR) is 257 cm³/mol. The van der Waals surface area contributed by atoms with Crippen LogP contribution < -0.4 is 0 Å². The smallest absolute Gasteiger partial charge is 0.164 e. The Balaban J connectivity index is 1.06. The van der Waals surface area contributed by atoms with Gasteiger partial charge in [0, 0.05) is 65.1 Å². The first-order valence-corrected chi connectivity index (χ1v) is 21.7. The molecule has 0 radical (unpaired) electrons. The van der Waals surface area contributed by atoms with Crippen LogP contribution in [0.4, 0.5) is 0 Å². The summed E-state index contributed by atoms with van der Waals surface area (Å²) in [5, 5.41) is 5.24. The molecule has 7 nitrogen and oxygen atoms in total. The minimum atomic E-state index is 0.549. The Labute approximate surface area is 364 Å². The van der Waals surface area contributed by atoms with Crippen LogP contribution in [-0.4, -0.2) is 29.5 Å². The third-order valence-corrected chi connectivity index (χ3v) is 13.0. The topological polar surface area (TPSA) is 82.5 Å². The number of benzene rings is 8. The van der Waals surface area contributed by atoms with E-state index >= 15 is 0 Å². The van der Waals surface area contributed by atoms with Crippen molar-refractivity contribution in [2.24, 2.45) is 0 Å². The monoisotopic (exact) mass is 824 g/mol. The molecular weight excluding hydrogens is 793 g/mol. The number of thiophene rings is 1. The van der Waals surface area contributed by atoms with Gasteiger partial charge in [-0.25, -0.2) is 24.9 Å². The van der Waals surface area contributed by atoms with Crippen molar-refractivity contribution >= 4 is 75.4 Å². The van der Waals surface area contributed by atoms with E-state index in [4.69, 9.17) is 29.3 Å². The highest BCUT2D eigenvalue weighted by Gasteiger charge is 2.24. The molecule has 13 rings (SSSR count). The highest BCUT2D eigenvalue weighted by molar-refractivity contribution is 7.26. The van der Waals surface area contributed by atoms with Gasteiger partial charge >= 0.3 is 0 Å². The van der Waals surface area contributed by atoms with Crippen LogP contribution in [0.5, 0.6) is 0 Å². The fourth-order valence-electron chi connectivity index (χ4n) is 9.05. The molecular formula is C55H32N6OS. The number of para-hydroxylation sites is 2. The maximum absolute atomic E-state index is 6.71. The molecule has 63 heavy (non-hydrogen) atoms. The van der Waals surface area contributed by atoms with Crippen LogP contribution in [0.2, 0.25) is 0 Å². The van der Waals surface area contributed by atoms with Crippen molar-refractivity contribution in [1.29, 1.82) is 0 Å². The van der Waals surface area contributed by atoms with Crippen molar-refractivity contribution in [3.8, 4) is 62.5 Å². The molecule has 0 aliphatic rings. The van der Waals surface area contributed by atoms with Gasteiger partial charge in [-0.05, 0) is 54.6 Å². The van der Waals surface area contributed by atoms with Crippen LogP contribution in [0.15, 0.2) is 199 Å². The SMILES string of the molecule is c1ccc(-c2nc(-c3ccc4c(c3)c3ccccc3n4-c3ccccc3)nc(-c3cccc4oc5cccc(-c6nc(-c7ccccc7)nc7c6sc6ccccc67)c5c34)n2)cc1. The van der Waals surface area contributed by atoms with Crippen molar-refractivity contribution in [2.45, 2.75) is 0 Å². The quantitative estimate of drug-likeness (QED) is 0.166. The van der Waals surface area contributed by atoms with Gasteiger partial charge in [-0.3, -0.25) is 0 Å². The second-order valence-corrected chi connectivity index (χ2v) is 16.6. The molecule has 0 aliphatic carbocycles. The van der Waals surface area contributed by atoms with Crippen LogP contribution in [0.3, 0.4) is 0 Å². The van der Waals surface area contributed by atoms with E-state index in [2.05, 4.69) is 120 Å². The Kier molecular flexibility index (Phi) is 7.94. The second kappa shape index (κ2) is 14.1. The van der Waals surface area contributed by atoms with E-state index < -0.39 is 0 Å². The lowest BCUT2D eigenvalue weighted by Gasteiger charge is -2.11. The third-order valence-electron chi connectivity index (χ3n) is 11.9. The molecule has 0 unspecified atom stereocenters. The first-order valence-electron chi connectivity index (χ1n) is 20.8. The molecule has 294 valence electrons. The van der Waals surface area contributed by atoms with Gasteiger partial charge in [-0.2, -0.15) is 0 Å². The molecule has 0 saturated heterocycles. The maximum atomic E-state index is 6.71. The summed E-state index contributed by atoms with van der Waals surface area (Å²) in [6, 6.07) is 66.7. The Morgan fingerprint density at radius 3 is 1.71 bits per heavy atom. The fraction of sp³-hybridized carbons (Fsp3) is 0. The molecule has 5 heterocycles. The van der Waals surface area contributed by atoms with Gasteiger partial charge in [0.05, 0.1) is 26.9 Å². The first kappa shape index (κ1) is 35.4. The number of fused-ring (bicyclic) bond motifs is 9. The van der Waals surface area contributed by atoms with Crippen molar-refractivity contribution in [1.82, 2.24) is 29.5 Å². The van der Waals surface area contributed by atoms with Crippen molar-refractivity contribution in [3.05, 3.63) is 194 Å². The van der Waals surface area contributed by atoms with E-state index in [1.54, 1.807) is 11.3 Å². The molecule has 8 aromatic carbocycles. The zero-order chi connectivity index (χ0) is 41.4. The lowest BCUT2D eigenvalue weighted by molar-refractivity contribution is 0.669. The summed E-state index contributed by atoms with van der Waals surface area (Å²) in [5.41, 5.74) is 11.2. The predicted octanol–water partition coefficient (Wildman–Crippen LogP) is 14.4. The summed E-state index contributed by atoms with van der Waals surface area (Å²) < 4.78 is 11.2. The molecule has 0 saturated carbocycles. The second-order valence-electron chi connectivity index (χ2n) is 15.6. The van der Waals surface area contributed by atoms with Crippen LogP contribution in [0, 0.1) is 0 Å². The van der Waals surface area contributed by atoms with Crippen molar-refractivity contribution in [3.63, 3.8) is 0 Å². The fourth-order valence-corrected chi connectivity index (χ4v) is 10.2. The lowest BCUT2D eigenvalue weighted by atomic mass is 9.99. The van der Waals surface area contributed by atoms with Gasteiger partial charge in [0.25, 0.3) is 0 Å². The Morgan fingerprint density at radius 2 is 0.968 bits per heavy atom. The molecule has 0 amide bonds. The van der Waals surface area contributed by atoms with Crippen LogP contribution >= 0.6 is 11.3 Å². The maximum Gasteiger partial charge on any atom is 0.164 e. The molecule has 0 aliphatic heterocycles. The minimum Gasteiger partial charge on any atom is -0.456 e. The van der Waals surface area contributed by atoms with Crippen molar-refractivity contribution < 1.29 is 4.42 Å².